The number of likely N-dealkylation sites (N-methyl/N-ethyl adjacent to an activating group) is 1. The standard InChI is InChI=1S/C16H27N3O2/c1-6-19(12(3)10-21-5)13(4)16(20)18-15-8-7-14(17)9-11(15)2/h7-9,12-13H,6,10,17H2,1-5H3,(H,18,20). The summed E-state index contributed by atoms with van der Waals surface area (Å²) < 4.78 is 5.18. The van der Waals surface area contributed by atoms with E-state index in [-0.39, 0.29) is 18.0 Å². The average Bonchev–Trinajstić information content (AvgIpc) is 2.42. The fourth-order valence-electron chi connectivity index (χ4n) is 2.52. The van der Waals surface area contributed by atoms with E-state index in [9.17, 15) is 4.79 Å². The number of nitrogens with one attached hydrogen (secondary N) is 1. The highest BCUT2D eigenvalue weighted by Crippen LogP contribution is 2.18. The predicted octanol–water partition coefficient (Wildman–Crippen LogP) is 2.26. The number of anilines is 2. The molecule has 0 spiro atoms. The van der Waals surface area contributed by atoms with Crippen LogP contribution in [0.1, 0.15) is 26.3 Å². The van der Waals surface area contributed by atoms with Crippen LogP contribution in [0.3, 0.4) is 0 Å². The maximum atomic E-state index is 12.4. The molecule has 0 saturated heterocycles. The Morgan fingerprint density at radius 2 is 2.10 bits per heavy atom. The van der Waals surface area contributed by atoms with Crippen LogP contribution in [0.2, 0.25) is 0 Å². The molecule has 21 heavy (non-hydrogen) atoms. The van der Waals surface area contributed by atoms with Gasteiger partial charge in [-0.25, -0.2) is 0 Å². The molecule has 1 aromatic carbocycles. The van der Waals surface area contributed by atoms with Gasteiger partial charge in [-0.1, -0.05) is 6.92 Å². The van der Waals surface area contributed by atoms with Crippen LogP contribution in [0.5, 0.6) is 0 Å². The van der Waals surface area contributed by atoms with Gasteiger partial charge in [0.2, 0.25) is 5.91 Å². The van der Waals surface area contributed by atoms with Crippen LogP contribution in [0, 0.1) is 6.92 Å². The molecule has 1 aromatic rings. The van der Waals surface area contributed by atoms with E-state index >= 15 is 0 Å². The maximum Gasteiger partial charge on any atom is 0.241 e. The normalized spacial score (nSPS) is 14.0. The molecule has 0 bridgehead atoms. The zero-order chi connectivity index (χ0) is 16.0. The van der Waals surface area contributed by atoms with Crippen molar-refractivity contribution in [2.24, 2.45) is 0 Å². The molecule has 0 heterocycles. The lowest BCUT2D eigenvalue weighted by atomic mass is 10.1. The van der Waals surface area contributed by atoms with Crippen molar-refractivity contribution in [1.29, 1.82) is 0 Å². The highest BCUT2D eigenvalue weighted by Gasteiger charge is 2.24. The van der Waals surface area contributed by atoms with Crippen LogP contribution < -0.4 is 11.1 Å². The Balaban J connectivity index is 2.77. The minimum Gasteiger partial charge on any atom is -0.399 e. The minimum atomic E-state index is -0.225. The van der Waals surface area contributed by atoms with Crippen molar-refractivity contribution in [3.63, 3.8) is 0 Å². The van der Waals surface area contributed by atoms with Crippen molar-refractivity contribution in [2.45, 2.75) is 39.8 Å². The number of nitrogens with zero attached hydrogens (tertiary/aromatic N) is 1. The molecular weight excluding hydrogens is 266 g/mol. The third kappa shape index (κ3) is 4.72. The number of hydrogen-bond acceptors (Lipinski definition) is 4. The highest BCUT2D eigenvalue weighted by molar-refractivity contribution is 5.95. The molecule has 1 amide bonds. The number of nitrogen functional groups attached to an aromatic ring is 1. The molecule has 0 aliphatic heterocycles. The van der Waals surface area contributed by atoms with Gasteiger partial charge < -0.3 is 15.8 Å². The molecule has 3 N–H and O–H groups in total. The first kappa shape index (κ1) is 17.5. The number of ether oxygens (including phenoxy) is 1. The zero-order valence-electron chi connectivity index (χ0n) is 13.6. The summed E-state index contributed by atoms with van der Waals surface area (Å²) in [5.41, 5.74) is 8.19. The van der Waals surface area contributed by atoms with Gasteiger partial charge in [-0.05, 0) is 51.1 Å². The number of rotatable bonds is 7. The van der Waals surface area contributed by atoms with Crippen molar-refractivity contribution >= 4 is 17.3 Å². The van der Waals surface area contributed by atoms with E-state index in [4.69, 9.17) is 10.5 Å². The second kappa shape index (κ2) is 8.00. The van der Waals surface area contributed by atoms with Crippen molar-refractivity contribution < 1.29 is 9.53 Å². The van der Waals surface area contributed by atoms with E-state index < -0.39 is 0 Å². The fourth-order valence-corrected chi connectivity index (χ4v) is 2.52. The second-order valence-electron chi connectivity index (χ2n) is 5.37. The second-order valence-corrected chi connectivity index (χ2v) is 5.37. The molecule has 0 radical (unpaired) electrons. The lowest BCUT2D eigenvalue weighted by Crippen LogP contribution is -2.48. The summed E-state index contributed by atoms with van der Waals surface area (Å²) in [6.45, 7) is 9.35. The van der Waals surface area contributed by atoms with Gasteiger partial charge >= 0.3 is 0 Å². The molecule has 0 aromatic heterocycles. The number of benzene rings is 1. The van der Waals surface area contributed by atoms with Crippen molar-refractivity contribution in [2.75, 3.05) is 31.3 Å². The van der Waals surface area contributed by atoms with Gasteiger partial charge in [0.1, 0.15) is 0 Å². The SMILES string of the molecule is CCN(C(C)COC)C(C)C(=O)Nc1ccc(N)cc1C. The third-order valence-electron chi connectivity index (χ3n) is 3.72. The van der Waals surface area contributed by atoms with Gasteiger partial charge in [-0.3, -0.25) is 9.69 Å². The van der Waals surface area contributed by atoms with Crippen LogP contribution >= 0.6 is 0 Å². The largest absolute Gasteiger partial charge is 0.399 e. The Labute approximate surface area is 127 Å². The molecule has 0 fully saturated rings. The Hall–Kier alpha value is -1.59. The van der Waals surface area contributed by atoms with Crippen LogP contribution in [-0.2, 0) is 9.53 Å². The number of methoxy groups -OCH3 is 1. The van der Waals surface area contributed by atoms with E-state index in [1.165, 1.54) is 0 Å². The van der Waals surface area contributed by atoms with E-state index in [0.29, 0.717) is 12.3 Å². The van der Waals surface area contributed by atoms with Gasteiger partial charge in [0.15, 0.2) is 0 Å². The summed E-state index contributed by atoms with van der Waals surface area (Å²) in [5.74, 6) is -0.0207. The van der Waals surface area contributed by atoms with Crippen LogP contribution in [-0.4, -0.2) is 43.2 Å². The van der Waals surface area contributed by atoms with Crippen molar-refractivity contribution in [1.82, 2.24) is 4.90 Å². The van der Waals surface area contributed by atoms with Crippen molar-refractivity contribution in [3.05, 3.63) is 23.8 Å². The molecule has 2 atom stereocenters. The number of carbonyl (C=O) groups is 1. The molecule has 2 unspecified atom stereocenters. The Morgan fingerprint density at radius 3 is 2.62 bits per heavy atom. The van der Waals surface area contributed by atoms with Gasteiger partial charge in [0.05, 0.1) is 12.6 Å². The number of amides is 1. The average molecular weight is 293 g/mol. The van der Waals surface area contributed by atoms with Crippen LogP contribution in [0.15, 0.2) is 18.2 Å². The molecule has 0 aliphatic carbocycles. The first-order valence-electron chi connectivity index (χ1n) is 7.32. The van der Waals surface area contributed by atoms with Crippen molar-refractivity contribution in [3.8, 4) is 0 Å². The number of nitrogens with two attached hydrogens (primary N) is 1. The fraction of sp³-hybridized carbons (Fsp3) is 0.562. The summed E-state index contributed by atoms with van der Waals surface area (Å²) in [7, 11) is 1.67. The van der Waals surface area contributed by atoms with Gasteiger partial charge in [-0.15, -0.1) is 0 Å². The van der Waals surface area contributed by atoms with E-state index in [0.717, 1.165) is 17.8 Å². The molecule has 1 rings (SSSR count). The summed E-state index contributed by atoms with van der Waals surface area (Å²) >= 11 is 0. The predicted molar refractivity (Wildman–Crippen MR) is 87.4 cm³/mol. The van der Waals surface area contributed by atoms with E-state index in [1.807, 2.05) is 32.9 Å². The van der Waals surface area contributed by atoms with Gasteiger partial charge in [0, 0.05) is 24.5 Å². The van der Waals surface area contributed by atoms with Crippen LogP contribution in [0.4, 0.5) is 11.4 Å². The summed E-state index contributed by atoms with van der Waals surface area (Å²) in [4.78, 5) is 14.6. The summed E-state index contributed by atoms with van der Waals surface area (Å²) in [6.07, 6.45) is 0. The number of carbonyl (C=O) groups excluding carboxylic acids is 1. The zero-order valence-corrected chi connectivity index (χ0v) is 13.6. The lowest BCUT2D eigenvalue weighted by Gasteiger charge is -2.32. The molecule has 118 valence electrons. The highest BCUT2D eigenvalue weighted by atomic mass is 16.5. The maximum absolute atomic E-state index is 12.4. The van der Waals surface area contributed by atoms with Gasteiger partial charge in [0.25, 0.3) is 0 Å². The Bertz CT molecular complexity index is 477. The molecular formula is C16H27N3O2. The van der Waals surface area contributed by atoms with E-state index in [1.54, 1.807) is 13.2 Å². The first-order valence-corrected chi connectivity index (χ1v) is 7.32. The van der Waals surface area contributed by atoms with E-state index in [2.05, 4.69) is 17.1 Å². The molecule has 0 saturated carbocycles. The van der Waals surface area contributed by atoms with Gasteiger partial charge in [-0.2, -0.15) is 0 Å². The molecule has 5 heteroatoms. The molecule has 5 nitrogen and oxygen atoms in total. The Morgan fingerprint density at radius 1 is 1.43 bits per heavy atom. The number of aryl methyl sites for hydroxylation is 1. The number of hydrogen-bond donors (Lipinski definition) is 2. The summed E-state index contributed by atoms with van der Waals surface area (Å²) in [5, 5.41) is 2.97. The summed E-state index contributed by atoms with van der Waals surface area (Å²) in [6, 6.07) is 5.44. The monoisotopic (exact) mass is 293 g/mol. The third-order valence-corrected chi connectivity index (χ3v) is 3.72. The van der Waals surface area contributed by atoms with Crippen LogP contribution in [0.25, 0.3) is 0 Å². The smallest absolute Gasteiger partial charge is 0.241 e. The minimum absolute atomic E-state index is 0.0207. The Kier molecular flexibility index (Phi) is 6.65. The topological polar surface area (TPSA) is 67.6 Å². The quantitative estimate of drug-likeness (QED) is 0.757. The first-order chi connectivity index (χ1) is 9.90. The lowest BCUT2D eigenvalue weighted by molar-refractivity contribution is -0.121. The molecule has 0 aliphatic rings.